The molecule has 0 aliphatic carbocycles. The Morgan fingerprint density at radius 3 is 1.90 bits per heavy atom. The fourth-order valence-corrected chi connectivity index (χ4v) is 7.70. The molecular weight excluding hydrogens is 632 g/mol. The summed E-state index contributed by atoms with van der Waals surface area (Å²) in [4.78, 5) is 26.7. The van der Waals surface area contributed by atoms with E-state index in [1.54, 1.807) is 60.3 Å². The van der Waals surface area contributed by atoms with Crippen molar-refractivity contribution in [3.05, 3.63) is 108 Å². The van der Waals surface area contributed by atoms with Crippen molar-refractivity contribution >= 4 is 23.7 Å². The first-order chi connectivity index (χ1) is 23.4. The van der Waals surface area contributed by atoms with Gasteiger partial charge in [-0.25, -0.2) is 9.59 Å². The first kappa shape index (κ1) is 34.6. The lowest BCUT2D eigenvalue weighted by Gasteiger charge is -2.51. The quantitative estimate of drug-likeness (QED) is 0.213. The van der Waals surface area contributed by atoms with Gasteiger partial charge in [0.15, 0.2) is 18.7 Å². The number of fused-ring (bicyclic) bond motifs is 1. The van der Waals surface area contributed by atoms with Gasteiger partial charge in [-0.1, -0.05) is 94.4 Å². The number of benzene rings is 3. The number of rotatable bonds is 10. The smallest absolute Gasteiger partial charge is 0.338 e. The van der Waals surface area contributed by atoms with E-state index in [0.29, 0.717) is 17.5 Å². The van der Waals surface area contributed by atoms with E-state index in [0.717, 1.165) is 11.3 Å². The van der Waals surface area contributed by atoms with Crippen LogP contribution in [0.25, 0.3) is 0 Å². The van der Waals surface area contributed by atoms with E-state index in [9.17, 15) is 9.59 Å². The highest BCUT2D eigenvalue weighted by atomic mass is 32.2. The van der Waals surface area contributed by atoms with Crippen molar-refractivity contribution in [2.75, 3.05) is 12.4 Å². The van der Waals surface area contributed by atoms with Crippen LogP contribution in [-0.4, -0.2) is 72.6 Å². The molecule has 6 rings (SSSR count). The lowest BCUT2D eigenvalue weighted by Crippen LogP contribution is -2.62. The Kier molecular flexibility index (Phi) is 11.5. The molecule has 3 aliphatic heterocycles. The largest absolute Gasteiger partial charge is 0.455 e. The molecular formula is C38H44O9S. The Hall–Kier alpha value is -3.25. The fourth-order valence-electron chi connectivity index (χ4n) is 6.66. The molecule has 0 radical (unpaired) electrons. The molecule has 0 spiro atoms. The fraction of sp³-hybridized carbons (Fsp3) is 0.474. The summed E-state index contributed by atoms with van der Waals surface area (Å²) in [5, 5.41) is 0. The van der Waals surface area contributed by atoms with Crippen LogP contribution in [0.5, 0.6) is 0 Å². The molecule has 3 fully saturated rings. The van der Waals surface area contributed by atoms with Crippen LogP contribution in [0.4, 0.5) is 0 Å². The average Bonchev–Trinajstić information content (AvgIpc) is 3.13. The second-order valence-corrected chi connectivity index (χ2v) is 13.8. The second kappa shape index (κ2) is 16.0. The van der Waals surface area contributed by atoms with Crippen LogP contribution in [0, 0.1) is 11.8 Å². The number of thioether (sulfide) groups is 1. The Morgan fingerprint density at radius 2 is 1.31 bits per heavy atom. The van der Waals surface area contributed by atoms with Crippen molar-refractivity contribution in [1.82, 2.24) is 0 Å². The Bertz CT molecular complexity index is 1480. The molecule has 0 bridgehead atoms. The highest BCUT2D eigenvalue weighted by molar-refractivity contribution is 7.99. The van der Waals surface area contributed by atoms with Crippen molar-refractivity contribution < 1.29 is 42.7 Å². The summed E-state index contributed by atoms with van der Waals surface area (Å²) in [7, 11) is 0. The Balaban J connectivity index is 1.26. The molecule has 3 aliphatic rings. The summed E-state index contributed by atoms with van der Waals surface area (Å²) in [5.41, 5.74) is 1.41. The maximum Gasteiger partial charge on any atom is 0.338 e. The predicted octanol–water partition coefficient (Wildman–Crippen LogP) is 6.82. The van der Waals surface area contributed by atoms with Gasteiger partial charge in [0.2, 0.25) is 0 Å². The molecule has 0 N–H and O–H groups in total. The van der Waals surface area contributed by atoms with E-state index in [2.05, 4.69) is 0 Å². The zero-order valence-corrected chi connectivity index (χ0v) is 28.5. The summed E-state index contributed by atoms with van der Waals surface area (Å²) in [5.74, 6) is -0.706. The number of hydrogen-bond donors (Lipinski definition) is 0. The van der Waals surface area contributed by atoms with Crippen LogP contribution in [0.1, 0.15) is 66.7 Å². The lowest BCUT2D eigenvalue weighted by atomic mass is 9.88. The van der Waals surface area contributed by atoms with Gasteiger partial charge in [0.05, 0.1) is 36.0 Å². The lowest BCUT2D eigenvalue weighted by molar-refractivity contribution is -0.365. The summed E-state index contributed by atoms with van der Waals surface area (Å²) in [6.07, 6.45) is -4.04. The van der Waals surface area contributed by atoms with Crippen molar-refractivity contribution in [2.45, 2.75) is 88.8 Å². The van der Waals surface area contributed by atoms with Crippen LogP contribution in [-0.2, 0) is 33.2 Å². The number of hydrogen-bond acceptors (Lipinski definition) is 10. The minimum Gasteiger partial charge on any atom is -0.455 e. The summed E-state index contributed by atoms with van der Waals surface area (Å²) in [6, 6.07) is 27.5. The Labute approximate surface area is 286 Å². The zero-order chi connectivity index (χ0) is 33.6. The average molecular weight is 677 g/mol. The molecule has 256 valence electrons. The second-order valence-electron chi connectivity index (χ2n) is 12.4. The zero-order valence-electron chi connectivity index (χ0n) is 27.7. The standard InChI is InChI=1S/C38H44O9S/c1-5-28-30(24(4)33(38(43-28)48-6-2)45-35(40)26-18-12-8-13-19-26)47-37-32(44-34(39)25-16-10-7-11-17-25)23(3)31-29(42-37)22-41-36(46-31)27-20-14-9-15-21-27/h7-21,23-24,28-33,36-38H,5-6,22H2,1-4H3/t23-,24-,28?,29?,30-,31+,32?,33?,36?,37-,38-/m0/s1. The van der Waals surface area contributed by atoms with Crippen LogP contribution in [0.2, 0.25) is 0 Å². The van der Waals surface area contributed by atoms with Crippen LogP contribution >= 0.6 is 11.8 Å². The van der Waals surface area contributed by atoms with Gasteiger partial charge in [-0.05, 0) is 36.4 Å². The topological polar surface area (TPSA) is 98.8 Å². The highest BCUT2D eigenvalue weighted by Gasteiger charge is 2.53. The van der Waals surface area contributed by atoms with Crippen LogP contribution in [0.15, 0.2) is 91.0 Å². The SMILES string of the molecule is CCS[C@@H]1OC(CC)[C@@H](O[C@@H]2OC3COC(c4ccccc4)O[C@@H]3[C@H](C)C2OC(=O)c2ccccc2)[C@H](C)C1OC(=O)c1ccccc1. The highest BCUT2D eigenvalue weighted by Crippen LogP contribution is 2.42. The van der Waals surface area contributed by atoms with E-state index in [1.807, 2.05) is 70.2 Å². The Morgan fingerprint density at radius 1 is 0.729 bits per heavy atom. The van der Waals surface area contributed by atoms with Gasteiger partial charge in [-0.15, -0.1) is 11.8 Å². The van der Waals surface area contributed by atoms with E-state index in [1.165, 1.54) is 0 Å². The van der Waals surface area contributed by atoms with Crippen LogP contribution < -0.4 is 0 Å². The number of carbonyl (C=O) groups is 2. The van der Waals surface area contributed by atoms with Gasteiger partial charge >= 0.3 is 11.9 Å². The number of carbonyl (C=O) groups excluding carboxylic acids is 2. The molecule has 3 aromatic rings. The van der Waals surface area contributed by atoms with Gasteiger partial charge in [0.1, 0.15) is 17.6 Å². The molecule has 0 amide bonds. The van der Waals surface area contributed by atoms with E-state index >= 15 is 0 Å². The van der Waals surface area contributed by atoms with Gasteiger partial charge in [0, 0.05) is 17.4 Å². The van der Waals surface area contributed by atoms with Gasteiger partial charge in [0.25, 0.3) is 0 Å². The maximum atomic E-state index is 13.5. The molecule has 0 aromatic heterocycles. The summed E-state index contributed by atoms with van der Waals surface area (Å²) < 4.78 is 44.9. The predicted molar refractivity (Wildman–Crippen MR) is 180 cm³/mol. The maximum absolute atomic E-state index is 13.5. The molecule has 9 nitrogen and oxygen atoms in total. The molecule has 48 heavy (non-hydrogen) atoms. The summed E-state index contributed by atoms with van der Waals surface area (Å²) in [6.45, 7) is 8.36. The molecule has 3 saturated heterocycles. The van der Waals surface area contributed by atoms with Gasteiger partial charge in [-0.2, -0.15) is 0 Å². The van der Waals surface area contributed by atoms with E-state index in [-0.39, 0.29) is 30.0 Å². The third-order valence-corrected chi connectivity index (χ3v) is 10.3. The van der Waals surface area contributed by atoms with E-state index in [4.69, 9.17) is 33.2 Å². The molecule has 5 unspecified atom stereocenters. The normalized spacial score (nSPS) is 33.3. The third-order valence-electron chi connectivity index (χ3n) is 9.25. The minimum absolute atomic E-state index is 0.272. The van der Waals surface area contributed by atoms with Gasteiger partial charge < -0.3 is 33.2 Å². The van der Waals surface area contributed by atoms with Crippen molar-refractivity contribution in [3.8, 4) is 0 Å². The monoisotopic (exact) mass is 676 g/mol. The van der Waals surface area contributed by atoms with Gasteiger partial charge in [-0.3, -0.25) is 0 Å². The molecule has 0 saturated carbocycles. The first-order valence-corrected chi connectivity index (χ1v) is 17.8. The number of ether oxygens (including phenoxy) is 7. The van der Waals surface area contributed by atoms with Crippen LogP contribution in [0.3, 0.4) is 0 Å². The summed E-state index contributed by atoms with van der Waals surface area (Å²) >= 11 is 1.60. The third kappa shape index (κ3) is 7.64. The minimum atomic E-state index is -0.958. The van der Waals surface area contributed by atoms with Crippen molar-refractivity contribution in [2.24, 2.45) is 11.8 Å². The van der Waals surface area contributed by atoms with Crippen molar-refractivity contribution in [3.63, 3.8) is 0 Å². The number of esters is 2. The molecule has 3 heterocycles. The first-order valence-electron chi connectivity index (χ1n) is 16.8. The molecule has 3 aromatic carbocycles. The van der Waals surface area contributed by atoms with Crippen molar-refractivity contribution in [1.29, 1.82) is 0 Å². The van der Waals surface area contributed by atoms with E-state index < -0.39 is 55.0 Å². The molecule has 11 atom stereocenters. The molecule has 10 heteroatoms.